The first-order chi connectivity index (χ1) is 15.5. The van der Waals surface area contributed by atoms with Crippen molar-refractivity contribution in [3.63, 3.8) is 0 Å². The third-order valence-electron chi connectivity index (χ3n) is 4.71. The molecule has 0 unspecified atom stereocenters. The second-order valence-corrected chi connectivity index (χ2v) is 8.15. The molecule has 1 atom stereocenters. The fourth-order valence-electron chi connectivity index (χ4n) is 3.18. The Morgan fingerprint density at radius 1 is 1.06 bits per heavy atom. The second kappa shape index (κ2) is 8.04. The number of benzene rings is 2. The lowest BCUT2D eigenvalue weighted by Crippen LogP contribution is -2.23. The molecule has 3 heterocycles. The number of furan rings is 1. The number of nitrogens with zero attached hydrogens (tertiary/aromatic N) is 4. The van der Waals surface area contributed by atoms with Crippen LogP contribution in [-0.4, -0.2) is 19.7 Å². The van der Waals surface area contributed by atoms with Gasteiger partial charge in [-0.05, 0) is 43.3 Å². The number of fused-ring (bicyclic) bond motifs is 1. The van der Waals surface area contributed by atoms with Crippen LogP contribution in [-0.2, 0) is 0 Å². The zero-order chi connectivity index (χ0) is 22.2. The van der Waals surface area contributed by atoms with Crippen molar-refractivity contribution in [1.29, 1.82) is 0 Å². The molecule has 5 rings (SSSR count). The van der Waals surface area contributed by atoms with Gasteiger partial charge in [0.15, 0.2) is 10.9 Å². The fraction of sp³-hybridized carbons (Fsp3) is 0.0909. The lowest BCUT2D eigenvalue weighted by atomic mass is 10.2. The summed E-state index contributed by atoms with van der Waals surface area (Å²) in [5, 5.41) is 3.98. The first-order valence-electron chi connectivity index (χ1n) is 9.52. The van der Waals surface area contributed by atoms with Gasteiger partial charge in [0.2, 0.25) is 11.7 Å². The fourth-order valence-corrected chi connectivity index (χ4v) is 4.13. The molecular weight excluding hydrogens is 438 g/mol. The highest BCUT2D eigenvalue weighted by molar-refractivity contribution is 7.99. The van der Waals surface area contributed by atoms with Gasteiger partial charge < -0.3 is 8.94 Å². The van der Waals surface area contributed by atoms with Crippen LogP contribution in [0.25, 0.3) is 28.2 Å². The van der Waals surface area contributed by atoms with E-state index in [4.69, 9.17) is 8.94 Å². The molecule has 2 aromatic carbocycles. The van der Waals surface area contributed by atoms with Crippen molar-refractivity contribution in [2.24, 2.45) is 0 Å². The third kappa shape index (κ3) is 3.58. The van der Waals surface area contributed by atoms with E-state index < -0.39 is 22.4 Å². The molecule has 0 spiro atoms. The summed E-state index contributed by atoms with van der Waals surface area (Å²) in [5.74, 6) is -0.615. The number of para-hydroxylation sites is 1. The Hall–Kier alpha value is -3.79. The van der Waals surface area contributed by atoms with Crippen molar-refractivity contribution in [3.8, 4) is 17.3 Å². The molecule has 0 bridgehead atoms. The van der Waals surface area contributed by atoms with Crippen LogP contribution in [0.15, 0.2) is 79.8 Å². The molecule has 10 heteroatoms. The number of halogens is 2. The highest BCUT2D eigenvalue weighted by Crippen LogP contribution is 2.35. The van der Waals surface area contributed by atoms with E-state index >= 15 is 0 Å². The van der Waals surface area contributed by atoms with Crippen molar-refractivity contribution in [3.05, 3.63) is 88.7 Å². The number of thioether (sulfide) groups is 1. The van der Waals surface area contributed by atoms with Crippen LogP contribution in [0.5, 0.6) is 0 Å². The van der Waals surface area contributed by atoms with E-state index in [1.807, 2.05) is 0 Å². The molecule has 0 N–H and O–H groups in total. The average molecular weight is 452 g/mol. The topological polar surface area (TPSA) is 87.0 Å². The van der Waals surface area contributed by atoms with E-state index in [9.17, 15) is 13.6 Å². The normalized spacial score (nSPS) is 12.3. The lowest BCUT2D eigenvalue weighted by Gasteiger charge is -2.15. The van der Waals surface area contributed by atoms with Gasteiger partial charge in [-0.2, -0.15) is 4.98 Å². The molecule has 0 radical (unpaired) electrons. The van der Waals surface area contributed by atoms with Crippen LogP contribution >= 0.6 is 11.8 Å². The van der Waals surface area contributed by atoms with Crippen molar-refractivity contribution >= 4 is 22.7 Å². The SMILES string of the molecule is C[C@H](Sc1nc2ccccc2c(=O)n1-c1ccc(F)cc1F)c1nc(-c2ccco2)no1. The van der Waals surface area contributed by atoms with Gasteiger partial charge in [-0.25, -0.2) is 13.8 Å². The van der Waals surface area contributed by atoms with Crippen LogP contribution in [0.4, 0.5) is 8.78 Å². The third-order valence-corrected chi connectivity index (χ3v) is 5.75. The summed E-state index contributed by atoms with van der Waals surface area (Å²) >= 11 is 1.14. The van der Waals surface area contributed by atoms with Crippen molar-refractivity contribution in [1.82, 2.24) is 19.7 Å². The van der Waals surface area contributed by atoms with E-state index in [-0.39, 0.29) is 22.6 Å². The molecule has 0 saturated carbocycles. The molecule has 32 heavy (non-hydrogen) atoms. The summed E-state index contributed by atoms with van der Waals surface area (Å²) in [7, 11) is 0. The summed E-state index contributed by atoms with van der Waals surface area (Å²) in [6.07, 6.45) is 1.50. The van der Waals surface area contributed by atoms with Gasteiger partial charge in [0.25, 0.3) is 5.56 Å². The molecule has 0 aliphatic carbocycles. The van der Waals surface area contributed by atoms with E-state index in [0.717, 1.165) is 28.5 Å². The van der Waals surface area contributed by atoms with Gasteiger partial charge in [0.05, 0.1) is 28.1 Å². The monoisotopic (exact) mass is 452 g/mol. The predicted octanol–water partition coefficient (Wildman–Crippen LogP) is 5.16. The summed E-state index contributed by atoms with van der Waals surface area (Å²) in [4.78, 5) is 22.1. The van der Waals surface area contributed by atoms with Gasteiger partial charge in [-0.3, -0.25) is 9.36 Å². The largest absolute Gasteiger partial charge is 0.461 e. The highest BCUT2D eigenvalue weighted by atomic mass is 32.2. The maximum absolute atomic E-state index is 14.6. The molecule has 7 nitrogen and oxygen atoms in total. The van der Waals surface area contributed by atoms with E-state index in [1.54, 1.807) is 43.3 Å². The Bertz CT molecular complexity index is 1480. The van der Waals surface area contributed by atoms with E-state index in [0.29, 0.717) is 16.7 Å². The molecule has 0 saturated heterocycles. The zero-order valence-electron chi connectivity index (χ0n) is 16.5. The predicted molar refractivity (Wildman–Crippen MR) is 114 cm³/mol. The highest BCUT2D eigenvalue weighted by Gasteiger charge is 2.23. The molecule has 5 aromatic rings. The van der Waals surface area contributed by atoms with Crippen molar-refractivity contribution in [2.75, 3.05) is 0 Å². The quantitative estimate of drug-likeness (QED) is 0.269. The van der Waals surface area contributed by atoms with Gasteiger partial charge >= 0.3 is 0 Å². The maximum atomic E-state index is 14.6. The van der Waals surface area contributed by atoms with Gasteiger partial charge in [-0.1, -0.05) is 29.1 Å². The molecule has 0 fully saturated rings. The van der Waals surface area contributed by atoms with Crippen LogP contribution in [0.1, 0.15) is 18.1 Å². The Morgan fingerprint density at radius 3 is 2.69 bits per heavy atom. The molecular formula is C22H14F2N4O3S. The Labute approximate surface area is 183 Å². The second-order valence-electron chi connectivity index (χ2n) is 6.84. The zero-order valence-corrected chi connectivity index (χ0v) is 17.3. The van der Waals surface area contributed by atoms with Crippen molar-refractivity contribution < 1.29 is 17.7 Å². The smallest absolute Gasteiger partial charge is 0.266 e. The van der Waals surface area contributed by atoms with Gasteiger partial charge in [0, 0.05) is 6.07 Å². The Kier molecular flexibility index (Phi) is 5.06. The summed E-state index contributed by atoms with van der Waals surface area (Å²) in [6.45, 7) is 1.79. The minimum atomic E-state index is -0.878. The lowest BCUT2D eigenvalue weighted by molar-refractivity contribution is 0.379. The summed E-state index contributed by atoms with van der Waals surface area (Å²) in [6, 6.07) is 13.2. The number of hydrogen-bond acceptors (Lipinski definition) is 7. The Balaban J connectivity index is 1.60. The van der Waals surface area contributed by atoms with Crippen LogP contribution < -0.4 is 5.56 Å². The molecule has 3 aromatic heterocycles. The van der Waals surface area contributed by atoms with E-state index in [2.05, 4.69) is 15.1 Å². The summed E-state index contributed by atoms with van der Waals surface area (Å²) < 4.78 is 39.9. The molecule has 0 aliphatic heterocycles. The average Bonchev–Trinajstić information content (AvgIpc) is 3.47. The first kappa shape index (κ1) is 20.1. The first-order valence-corrected chi connectivity index (χ1v) is 10.4. The maximum Gasteiger partial charge on any atom is 0.266 e. The minimum absolute atomic E-state index is 0.105. The Morgan fingerprint density at radius 2 is 1.91 bits per heavy atom. The standard InChI is InChI=1S/C22H14F2N4O3S/c1-12(20-26-19(27-31-20)18-7-4-10-30-18)32-22-25-16-6-3-2-5-14(16)21(29)28(22)17-9-8-13(23)11-15(17)24/h2-12H,1H3/t12-/m0/s1. The molecule has 0 amide bonds. The molecule has 160 valence electrons. The van der Waals surface area contributed by atoms with Crippen LogP contribution in [0, 0.1) is 11.6 Å². The summed E-state index contributed by atoms with van der Waals surface area (Å²) in [5.41, 5.74) is -0.128. The molecule has 0 aliphatic rings. The van der Waals surface area contributed by atoms with Crippen molar-refractivity contribution in [2.45, 2.75) is 17.3 Å². The van der Waals surface area contributed by atoms with Crippen LogP contribution in [0.2, 0.25) is 0 Å². The van der Waals surface area contributed by atoms with Crippen LogP contribution in [0.3, 0.4) is 0 Å². The van der Waals surface area contributed by atoms with Gasteiger partial charge in [-0.15, -0.1) is 0 Å². The van der Waals surface area contributed by atoms with Gasteiger partial charge in [0.1, 0.15) is 11.6 Å². The van der Waals surface area contributed by atoms with E-state index in [1.165, 1.54) is 12.3 Å². The minimum Gasteiger partial charge on any atom is -0.461 e. The number of hydrogen-bond donors (Lipinski definition) is 0. The number of aromatic nitrogens is 4. The number of rotatable bonds is 5.